The topological polar surface area (TPSA) is 75.4 Å². The fraction of sp³-hybridized carbons (Fsp3) is 0.625. The summed E-state index contributed by atoms with van der Waals surface area (Å²) in [6.07, 6.45) is 0.723. The Bertz CT molecular complexity index is 424. The van der Waals surface area contributed by atoms with E-state index in [2.05, 4.69) is 5.10 Å². The smallest absolute Gasteiger partial charge is 0.260 e. The van der Waals surface area contributed by atoms with Crippen LogP contribution in [0.15, 0.2) is 17.3 Å². The van der Waals surface area contributed by atoms with E-state index in [-0.39, 0.29) is 11.6 Å². The number of sulfonamides is 1. The highest BCUT2D eigenvalue weighted by Crippen LogP contribution is 2.12. The molecule has 1 rings (SSSR count). The lowest BCUT2D eigenvalue weighted by atomic mass is 10.4. The summed E-state index contributed by atoms with van der Waals surface area (Å²) in [6.45, 7) is 1.60. The van der Waals surface area contributed by atoms with Crippen LogP contribution in [0.25, 0.3) is 0 Å². The van der Waals surface area contributed by atoms with Gasteiger partial charge in [-0.3, -0.25) is 4.68 Å². The number of hydrogen-bond donors (Lipinski definition) is 1. The molecule has 1 unspecified atom stereocenters. The Morgan fingerprint density at radius 1 is 1.67 bits per heavy atom. The molecule has 1 N–H and O–H groups in total. The van der Waals surface area contributed by atoms with Gasteiger partial charge < -0.3 is 5.11 Å². The van der Waals surface area contributed by atoms with E-state index in [1.54, 1.807) is 7.05 Å². The molecule has 0 amide bonds. The fourth-order valence-corrected chi connectivity index (χ4v) is 2.59. The number of nitrogens with zero attached hydrogens (tertiary/aromatic N) is 3. The molecule has 86 valence electrons. The van der Waals surface area contributed by atoms with Crippen LogP contribution in [0, 0.1) is 0 Å². The number of aromatic nitrogens is 2. The monoisotopic (exact) mass is 233 g/mol. The third-order valence-corrected chi connectivity index (χ3v) is 3.87. The van der Waals surface area contributed by atoms with Crippen LogP contribution in [0.5, 0.6) is 0 Å². The normalized spacial score (nSPS) is 14.5. The lowest BCUT2D eigenvalue weighted by Crippen LogP contribution is -2.34. The number of aryl methyl sites for hydroxylation is 1. The van der Waals surface area contributed by atoms with Gasteiger partial charge in [0, 0.05) is 20.6 Å². The summed E-state index contributed by atoms with van der Waals surface area (Å²) >= 11 is 0. The summed E-state index contributed by atoms with van der Waals surface area (Å²) in [5, 5.41) is 13.0. The van der Waals surface area contributed by atoms with Crippen molar-refractivity contribution < 1.29 is 13.5 Å². The number of hydrogen-bond acceptors (Lipinski definition) is 4. The molecule has 1 aromatic heterocycles. The third-order valence-electron chi connectivity index (χ3n) is 1.97. The zero-order valence-corrected chi connectivity index (χ0v) is 9.77. The van der Waals surface area contributed by atoms with Crippen LogP contribution >= 0.6 is 0 Å². The second-order valence-corrected chi connectivity index (χ2v) is 5.42. The van der Waals surface area contributed by atoms with Crippen molar-refractivity contribution in [2.75, 3.05) is 13.6 Å². The van der Waals surface area contributed by atoms with Gasteiger partial charge in [0.15, 0.2) is 5.03 Å². The first-order valence-electron chi connectivity index (χ1n) is 4.48. The molecule has 7 heteroatoms. The standard InChI is InChI=1S/C8H15N3O3S/c1-7(12)6-10(2)15(13,14)8-4-5-9-11(8)3/h4-5,7,12H,6H2,1-3H3. The summed E-state index contributed by atoms with van der Waals surface area (Å²) < 4.78 is 26.2. The van der Waals surface area contributed by atoms with Gasteiger partial charge >= 0.3 is 0 Å². The van der Waals surface area contributed by atoms with Crippen molar-refractivity contribution in [1.29, 1.82) is 0 Å². The quantitative estimate of drug-likeness (QED) is 0.755. The molecule has 0 radical (unpaired) electrons. The molecule has 0 aliphatic rings. The van der Waals surface area contributed by atoms with E-state index in [4.69, 9.17) is 5.11 Å². The average molecular weight is 233 g/mol. The van der Waals surface area contributed by atoms with Gasteiger partial charge in [0.2, 0.25) is 0 Å². The van der Waals surface area contributed by atoms with Gasteiger partial charge in [-0.05, 0) is 13.0 Å². The zero-order valence-electron chi connectivity index (χ0n) is 8.95. The number of aliphatic hydroxyl groups is 1. The Morgan fingerprint density at radius 3 is 2.67 bits per heavy atom. The zero-order chi connectivity index (χ0) is 11.6. The number of rotatable bonds is 4. The van der Waals surface area contributed by atoms with Gasteiger partial charge in [-0.2, -0.15) is 9.40 Å². The van der Waals surface area contributed by atoms with Gasteiger partial charge in [-0.15, -0.1) is 0 Å². The highest BCUT2D eigenvalue weighted by atomic mass is 32.2. The Labute approximate surface area is 89.2 Å². The van der Waals surface area contributed by atoms with Gasteiger partial charge in [-0.1, -0.05) is 0 Å². The summed E-state index contributed by atoms with van der Waals surface area (Å²) in [7, 11) is -0.563. The Hall–Kier alpha value is -0.920. The first kappa shape index (κ1) is 12.2. The molecular weight excluding hydrogens is 218 g/mol. The highest BCUT2D eigenvalue weighted by molar-refractivity contribution is 7.89. The van der Waals surface area contributed by atoms with Crippen LogP contribution in [-0.4, -0.2) is 47.3 Å². The summed E-state index contributed by atoms with van der Waals surface area (Å²) in [5.41, 5.74) is 0. The van der Waals surface area contributed by atoms with Crippen LogP contribution in [0.3, 0.4) is 0 Å². The molecule has 0 saturated carbocycles. The molecule has 0 aromatic carbocycles. The van der Waals surface area contributed by atoms with E-state index in [9.17, 15) is 8.42 Å². The van der Waals surface area contributed by atoms with E-state index >= 15 is 0 Å². The largest absolute Gasteiger partial charge is 0.392 e. The maximum absolute atomic E-state index is 11.9. The molecule has 0 fully saturated rings. The third kappa shape index (κ3) is 2.55. The van der Waals surface area contributed by atoms with Crippen molar-refractivity contribution in [3.8, 4) is 0 Å². The SMILES string of the molecule is CC(O)CN(C)S(=O)(=O)c1ccnn1C. The second kappa shape index (κ2) is 4.30. The molecule has 0 spiro atoms. The Kier molecular flexibility index (Phi) is 3.48. The van der Waals surface area contributed by atoms with Crippen LogP contribution in [0.1, 0.15) is 6.92 Å². The van der Waals surface area contributed by atoms with Crippen molar-refractivity contribution in [1.82, 2.24) is 14.1 Å². The summed E-state index contributed by atoms with van der Waals surface area (Å²) in [4.78, 5) is 0. The fourth-order valence-electron chi connectivity index (χ4n) is 1.24. The van der Waals surface area contributed by atoms with Crippen LogP contribution < -0.4 is 0 Å². The number of likely N-dealkylation sites (N-methyl/N-ethyl adjacent to an activating group) is 1. The second-order valence-electron chi connectivity index (χ2n) is 3.43. The molecule has 1 heterocycles. The molecule has 0 aliphatic heterocycles. The Balaban J connectivity index is 2.99. The van der Waals surface area contributed by atoms with E-state index in [1.165, 1.54) is 30.9 Å². The van der Waals surface area contributed by atoms with E-state index in [0.29, 0.717) is 0 Å². The van der Waals surface area contributed by atoms with Crippen LogP contribution in [0.4, 0.5) is 0 Å². The van der Waals surface area contributed by atoms with Crippen LogP contribution in [0.2, 0.25) is 0 Å². The lowest BCUT2D eigenvalue weighted by molar-refractivity contribution is 0.171. The van der Waals surface area contributed by atoms with Crippen LogP contribution in [-0.2, 0) is 17.1 Å². The lowest BCUT2D eigenvalue weighted by Gasteiger charge is -2.18. The molecule has 0 saturated heterocycles. The highest BCUT2D eigenvalue weighted by Gasteiger charge is 2.24. The van der Waals surface area contributed by atoms with E-state index < -0.39 is 16.1 Å². The predicted octanol–water partition coefficient (Wildman–Crippen LogP) is -0.579. The Morgan fingerprint density at radius 2 is 2.27 bits per heavy atom. The first-order valence-corrected chi connectivity index (χ1v) is 5.92. The van der Waals surface area contributed by atoms with Crippen molar-refractivity contribution in [3.63, 3.8) is 0 Å². The molecule has 6 nitrogen and oxygen atoms in total. The van der Waals surface area contributed by atoms with Crippen molar-refractivity contribution >= 4 is 10.0 Å². The molecule has 15 heavy (non-hydrogen) atoms. The van der Waals surface area contributed by atoms with Gasteiger partial charge in [0.25, 0.3) is 10.0 Å². The number of aliphatic hydroxyl groups excluding tert-OH is 1. The predicted molar refractivity (Wildman–Crippen MR) is 54.7 cm³/mol. The van der Waals surface area contributed by atoms with E-state index in [0.717, 1.165) is 4.31 Å². The molecule has 0 bridgehead atoms. The molecular formula is C8H15N3O3S. The minimum Gasteiger partial charge on any atom is -0.392 e. The average Bonchev–Trinajstić information content (AvgIpc) is 2.50. The van der Waals surface area contributed by atoms with Gasteiger partial charge in [0.1, 0.15) is 0 Å². The minimum absolute atomic E-state index is 0.0630. The molecule has 0 aliphatic carbocycles. The molecule has 1 atom stereocenters. The maximum Gasteiger partial charge on any atom is 0.260 e. The minimum atomic E-state index is -3.55. The van der Waals surface area contributed by atoms with Crippen molar-refractivity contribution in [2.45, 2.75) is 18.1 Å². The van der Waals surface area contributed by atoms with E-state index in [1.807, 2.05) is 0 Å². The summed E-state index contributed by atoms with van der Waals surface area (Å²) in [6, 6.07) is 1.42. The maximum atomic E-state index is 11.9. The molecule has 1 aromatic rings. The van der Waals surface area contributed by atoms with Gasteiger partial charge in [-0.25, -0.2) is 8.42 Å². The van der Waals surface area contributed by atoms with Crippen molar-refractivity contribution in [2.24, 2.45) is 7.05 Å². The van der Waals surface area contributed by atoms with Gasteiger partial charge in [0.05, 0.1) is 12.3 Å². The summed E-state index contributed by atoms with van der Waals surface area (Å²) in [5.74, 6) is 0. The first-order chi connectivity index (χ1) is 6.85. The van der Waals surface area contributed by atoms with Crippen molar-refractivity contribution in [3.05, 3.63) is 12.3 Å².